The van der Waals surface area contributed by atoms with Crippen LogP contribution in [0, 0.1) is 25.2 Å². The van der Waals surface area contributed by atoms with Crippen LogP contribution >= 0.6 is 11.6 Å². The summed E-state index contributed by atoms with van der Waals surface area (Å²) in [6.45, 7) is 5.00. The summed E-state index contributed by atoms with van der Waals surface area (Å²) >= 11 is 6.00. The van der Waals surface area contributed by atoms with Crippen LogP contribution in [0.15, 0.2) is 36.4 Å². The summed E-state index contributed by atoms with van der Waals surface area (Å²) in [7, 11) is 0. The van der Waals surface area contributed by atoms with E-state index in [1.54, 1.807) is 0 Å². The number of aryl methyl sites for hydroxylation is 3. The van der Waals surface area contributed by atoms with Crippen molar-refractivity contribution in [2.75, 3.05) is 0 Å². The lowest BCUT2D eigenvalue weighted by Crippen LogP contribution is -2.01. The normalized spacial score (nSPS) is 10.9. The van der Waals surface area contributed by atoms with Gasteiger partial charge < -0.3 is 4.57 Å². The standard InChI is InChI=1S/C19H18ClN3/c1-13-11-17-18(12-14(13)2)23(10-4-3-9-21)19(22-17)15-5-7-16(20)8-6-15/h5-8,11-12H,3-4,10H2,1-2H3. The summed E-state index contributed by atoms with van der Waals surface area (Å²) in [5.74, 6) is 0.930. The van der Waals surface area contributed by atoms with Crippen LogP contribution in [0.2, 0.25) is 5.02 Å². The maximum absolute atomic E-state index is 8.82. The number of nitriles is 1. The number of hydrogen-bond acceptors (Lipinski definition) is 2. The van der Waals surface area contributed by atoms with E-state index in [-0.39, 0.29) is 0 Å². The van der Waals surface area contributed by atoms with Gasteiger partial charge in [0.15, 0.2) is 0 Å². The average Bonchev–Trinajstić information content (AvgIpc) is 2.87. The van der Waals surface area contributed by atoms with Crippen molar-refractivity contribution in [2.45, 2.75) is 33.2 Å². The number of unbranched alkanes of at least 4 members (excludes halogenated alkanes) is 1. The molecule has 0 fully saturated rings. The Morgan fingerprint density at radius 2 is 1.83 bits per heavy atom. The molecule has 2 aromatic carbocycles. The molecule has 1 aromatic heterocycles. The molecule has 4 heteroatoms. The Labute approximate surface area is 141 Å². The number of benzene rings is 2. The van der Waals surface area contributed by atoms with Crippen LogP contribution in [0.5, 0.6) is 0 Å². The number of hydrogen-bond donors (Lipinski definition) is 0. The van der Waals surface area contributed by atoms with Crippen LogP contribution in [0.1, 0.15) is 24.0 Å². The van der Waals surface area contributed by atoms with Gasteiger partial charge in [0.25, 0.3) is 0 Å². The van der Waals surface area contributed by atoms with Gasteiger partial charge in [-0.05, 0) is 67.8 Å². The van der Waals surface area contributed by atoms with E-state index >= 15 is 0 Å². The van der Waals surface area contributed by atoms with Gasteiger partial charge in [0.2, 0.25) is 0 Å². The van der Waals surface area contributed by atoms with Gasteiger partial charge in [-0.1, -0.05) is 11.6 Å². The van der Waals surface area contributed by atoms with Gasteiger partial charge in [-0.3, -0.25) is 0 Å². The molecule has 0 atom stereocenters. The molecular formula is C19H18ClN3. The quantitative estimate of drug-likeness (QED) is 0.613. The van der Waals surface area contributed by atoms with Gasteiger partial charge in [-0.2, -0.15) is 5.26 Å². The van der Waals surface area contributed by atoms with Crippen LogP contribution in [0.4, 0.5) is 0 Å². The smallest absolute Gasteiger partial charge is 0.141 e. The highest BCUT2D eigenvalue weighted by Gasteiger charge is 2.13. The number of nitrogens with zero attached hydrogens (tertiary/aromatic N) is 3. The van der Waals surface area contributed by atoms with E-state index in [4.69, 9.17) is 21.8 Å². The zero-order valence-corrected chi connectivity index (χ0v) is 14.1. The minimum Gasteiger partial charge on any atom is -0.324 e. The summed E-state index contributed by atoms with van der Waals surface area (Å²) in [6.07, 6.45) is 1.36. The molecule has 3 rings (SSSR count). The fourth-order valence-electron chi connectivity index (χ4n) is 2.74. The van der Waals surface area contributed by atoms with E-state index in [0.717, 1.165) is 35.4 Å². The van der Waals surface area contributed by atoms with Crippen LogP contribution in [-0.4, -0.2) is 9.55 Å². The largest absolute Gasteiger partial charge is 0.324 e. The zero-order valence-electron chi connectivity index (χ0n) is 13.3. The van der Waals surface area contributed by atoms with Crippen molar-refractivity contribution in [1.82, 2.24) is 9.55 Å². The van der Waals surface area contributed by atoms with E-state index in [0.29, 0.717) is 11.4 Å². The second-order valence-electron chi connectivity index (χ2n) is 5.78. The summed E-state index contributed by atoms with van der Waals surface area (Å²) in [5.41, 5.74) is 5.65. The third kappa shape index (κ3) is 3.09. The lowest BCUT2D eigenvalue weighted by Gasteiger charge is -2.09. The molecule has 0 radical (unpaired) electrons. The molecule has 3 nitrogen and oxygen atoms in total. The molecule has 116 valence electrons. The first-order valence-electron chi connectivity index (χ1n) is 7.70. The SMILES string of the molecule is Cc1cc2nc(-c3ccc(Cl)cc3)n(CCCC#N)c2cc1C. The molecule has 0 saturated heterocycles. The molecule has 0 spiro atoms. The van der Waals surface area contributed by atoms with Crippen molar-refractivity contribution >= 4 is 22.6 Å². The summed E-state index contributed by atoms with van der Waals surface area (Å²) in [6, 6.07) is 14.3. The van der Waals surface area contributed by atoms with Crippen molar-refractivity contribution in [2.24, 2.45) is 0 Å². The summed E-state index contributed by atoms with van der Waals surface area (Å²) < 4.78 is 2.21. The molecule has 0 N–H and O–H groups in total. The van der Waals surface area contributed by atoms with Crippen molar-refractivity contribution in [3.63, 3.8) is 0 Å². The molecule has 23 heavy (non-hydrogen) atoms. The predicted molar refractivity (Wildman–Crippen MR) is 94.5 cm³/mol. The van der Waals surface area contributed by atoms with Gasteiger partial charge in [-0.15, -0.1) is 0 Å². The topological polar surface area (TPSA) is 41.6 Å². The molecule has 3 aromatic rings. The Balaban J connectivity index is 2.16. The van der Waals surface area contributed by atoms with Crippen molar-refractivity contribution < 1.29 is 0 Å². The number of imidazole rings is 1. The van der Waals surface area contributed by atoms with Gasteiger partial charge in [-0.25, -0.2) is 4.98 Å². The third-order valence-corrected chi connectivity index (χ3v) is 4.39. The second-order valence-corrected chi connectivity index (χ2v) is 6.22. The van der Waals surface area contributed by atoms with Crippen molar-refractivity contribution in [1.29, 1.82) is 5.26 Å². The highest BCUT2D eigenvalue weighted by Crippen LogP contribution is 2.28. The predicted octanol–water partition coefficient (Wildman–Crippen LogP) is 5.28. The lowest BCUT2D eigenvalue weighted by molar-refractivity contribution is 0.675. The maximum atomic E-state index is 8.82. The lowest BCUT2D eigenvalue weighted by atomic mass is 10.1. The van der Waals surface area contributed by atoms with Gasteiger partial charge in [0.1, 0.15) is 5.82 Å². The number of rotatable bonds is 4. The third-order valence-electron chi connectivity index (χ3n) is 4.14. The fraction of sp³-hybridized carbons (Fsp3) is 0.263. The first-order chi connectivity index (χ1) is 11.1. The molecule has 0 unspecified atom stereocenters. The molecule has 0 aliphatic carbocycles. The second kappa shape index (κ2) is 6.44. The van der Waals surface area contributed by atoms with Gasteiger partial charge in [0, 0.05) is 23.6 Å². The van der Waals surface area contributed by atoms with E-state index < -0.39 is 0 Å². The Hall–Kier alpha value is -2.31. The summed E-state index contributed by atoms with van der Waals surface area (Å²) in [4.78, 5) is 4.83. The number of halogens is 1. The Kier molecular flexibility index (Phi) is 4.36. The molecule has 0 aliphatic rings. The molecule has 1 heterocycles. The monoisotopic (exact) mass is 323 g/mol. The van der Waals surface area contributed by atoms with E-state index in [1.165, 1.54) is 11.1 Å². The molecular weight excluding hydrogens is 306 g/mol. The molecule has 0 aliphatic heterocycles. The first kappa shape index (κ1) is 15.6. The Morgan fingerprint density at radius 1 is 1.13 bits per heavy atom. The number of fused-ring (bicyclic) bond motifs is 1. The first-order valence-corrected chi connectivity index (χ1v) is 8.08. The average molecular weight is 324 g/mol. The Morgan fingerprint density at radius 3 is 2.52 bits per heavy atom. The molecule has 0 saturated carbocycles. The fourth-order valence-corrected chi connectivity index (χ4v) is 2.87. The number of aromatic nitrogens is 2. The Bertz CT molecular complexity index is 886. The minimum atomic E-state index is 0.546. The van der Waals surface area contributed by atoms with E-state index in [1.807, 2.05) is 24.3 Å². The highest BCUT2D eigenvalue weighted by molar-refractivity contribution is 6.30. The van der Waals surface area contributed by atoms with Crippen LogP contribution in [-0.2, 0) is 6.54 Å². The molecule has 0 amide bonds. The summed E-state index contributed by atoms with van der Waals surface area (Å²) in [5, 5.41) is 9.53. The van der Waals surface area contributed by atoms with Crippen LogP contribution < -0.4 is 0 Å². The van der Waals surface area contributed by atoms with Gasteiger partial charge >= 0.3 is 0 Å². The maximum Gasteiger partial charge on any atom is 0.141 e. The minimum absolute atomic E-state index is 0.546. The van der Waals surface area contributed by atoms with E-state index in [2.05, 4.69) is 36.6 Å². The van der Waals surface area contributed by atoms with E-state index in [9.17, 15) is 0 Å². The van der Waals surface area contributed by atoms with Crippen molar-refractivity contribution in [3.05, 3.63) is 52.5 Å². The zero-order chi connectivity index (χ0) is 16.4. The van der Waals surface area contributed by atoms with Crippen LogP contribution in [0.3, 0.4) is 0 Å². The highest BCUT2D eigenvalue weighted by atomic mass is 35.5. The van der Waals surface area contributed by atoms with Gasteiger partial charge in [0.05, 0.1) is 17.1 Å². The van der Waals surface area contributed by atoms with Crippen molar-refractivity contribution in [3.8, 4) is 17.5 Å². The van der Waals surface area contributed by atoms with Crippen LogP contribution in [0.25, 0.3) is 22.4 Å². The molecule has 0 bridgehead atoms.